The van der Waals surface area contributed by atoms with Crippen LogP contribution in [0.3, 0.4) is 0 Å². The van der Waals surface area contributed by atoms with E-state index in [1.54, 1.807) is 0 Å². The van der Waals surface area contributed by atoms with Crippen molar-refractivity contribution in [3.8, 4) is 0 Å². The molecule has 92 valence electrons. The van der Waals surface area contributed by atoms with Gasteiger partial charge in [-0.1, -0.05) is 6.07 Å². The second kappa shape index (κ2) is 4.82. The summed E-state index contributed by atoms with van der Waals surface area (Å²) in [5, 5.41) is 11.3. The number of aliphatic carboxylic acids is 1. The highest BCUT2D eigenvalue weighted by Crippen LogP contribution is 2.13. The van der Waals surface area contributed by atoms with Gasteiger partial charge in [0, 0.05) is 12.6 Å². The molecule has 0 saturated carbocycles. The van der Waals surface area contributed by atoms with Crippen LogP contribution in [0.2, 0.25) is 0 Å². The van der Waals surface area contributed by atoms with Gasteiger partial charge in [0.2, 0.25) is 5.56 Å². The molecule has 6 nitrogen and oxygen atoms in total. The fourth-order valence-electron chi connectivity index (χ4n) is 1.05. The first-order chi connectivity index (χ1) is 7.83. The smallest absolute Gasteiger partial charge is 0.310 e. The minimum Gasteiger partial charge on any atom is -0.481 e. The number of aromatic nitrogens is 1. The lowest BCUT2D eigenvalue weighted by atomic mass is 9.94. The van der Waals surface area contributed by atoms with Crippen molar-refractivity contribution in [2.45, 2.75) is 13.8 Å². The first kappa shape index (κ1) is 13.0. The van der Waals surface area contributed by atoms with E-state index in [2.05, 4.69) is 10.3 Å². The van der Waals surface area contributed by atoms with Gasteiger partial charge in [0.1, 0.15) is 5.69 Å². The highest BCUT2D eigenvalue weighted by Gasteiger charge is 2.27. The molecule has 0 aliphatic carbocycles. The summed E-state index contributed by atoms with van der Waals surface area (Å²) in [7, 11) is 0. The van der Waals surface area contributed by atoms with Gasteiger partial charge in [-0.25, -0.2) is 0 Å². The Kier molecular flexibility index (Phi) is 3.67. The summed E-state index contributed by atoms with van der Waals surface area (Å²) in [5.74, 6) is -1.50. The lowest BCUT2D eigenvalue weighted by Gasteiger charge is -2.19. The number of pyridine rings is 1. The molecule has 1 aromatic heterocycles. The fraction of sp³-hybridized carbons (Fsp3) is 0.364. The molecule has 0 aromatic carbocycles. The molecule has 0 saturated heterocycles. The largest absolute Gasteiger partial charge is 0.481 e. The standard InChI is InChI=1S/C11H14N2O4/c1-11(2,10(16)17)6-12-9(15)7-4-3-5-8(14)13-7/h3-5H,6H2,1-2H3,(H,12,15)(H,13,14)(H,16,17). The number of aromatic amines is 1. The highest BCUT2D eigenvalue weighted by molar-refractivity contribution is 5.92. The second-order valence-electron chi connectivity index (χ2n) is 4.30. The molecule has 1 aromatic rings. The number of carboxylic acids is 1. The average molecular weight is 238 g/mol. The predicted octanol–water partition coefficient (Wildman–Crippen LogP) is 0.215. The van der Waals surface area contributed by atoms with Crippen molar-refractivity contribution in [3.63, 3.8) is 0 Å². The zero-order chi connectivity index (χ0) is 13.1. The van der Waals surface area contributed by atoms with Crippen LogP contribution in [0.4, 0.5) is 0 Å². The normalized spacial score (nSPS) is 10.9. The molecule has 0 aliphatic heterocycles. The third-order valence-corrected chi connectivity index (χ3v) is 2.28. The van der Waals surface area contributed by atoms with Crippen LogP contribution in [0.5, 0.6) is 0 Å². The van der Waals surface area contributed by atoms with E-state index < -0.39 is 17.3 Å². The fourth-order valence-corrected chi connectivity index (χ4v) is 1.05. The van der Waals surface area contributed by atoms with Crippen LogP contribution < -0.4 is 10.9 Å². The van der Waals surface area contributed by atoms with E-state index in [1.165, 1.54) is 32.0 Å². The number of H-pyrrole nitrogens is 1. The summed E-state index contributed by atoms with van der Waals surface area (Å²) < 4.78 is 0. The summed E-state index contributed by atoms with van der Waals surface area (Å²) in [5.41, 5.74) is -1.32. The Morgan fingerprint density at radius 1 is 1.41 bits per heavy atom. The zero-order valence-electron chi connectivity index (χ0n) is 9.61. The molecular formula is C11H14N2O4. The Morgan fingerprint density at radius 2 is 2.06 bits per heavy atom. The lowest BCUT2D eigenvalue weighted by molar-refractivity contribution is -0.146. The number of nitrogens with one attached hydrogen (secondary N) is 2. The number of rotatable bonds is 4. The summed E-state index contributed by atoms with van der Waals surface area (Å²) in [6.45, 7) is 2.99. The maximum Gasteiger partial charge on any atom is 0.310 e. The highest BCUT2D eigenvalue weighted by atomic mass is 16.4. The van der Waals surface area contributed by atoms with E-state index >= 15 is 0 Å². The molecule has 1 amide bonds. The molecule has 1 heterocycles. The Labute approximate surface area is 97.7 Å². The van der Waals surface area contributed by atoms with Crippen LogP contribution >= 0.6 is 0 Å². The van der Waals surface area contributed by atoms with Crippen LogP contribution in [0.15, 0.2) is 23.0 Å². The van der Waals surface area contributed by atoms with Crippen molar-refractivity contribution in [3.05, 3.63) is 34.2 Å². The molecule has 0 spiro atoms. The Hall–Kier alpha value is -2.11. The summed E-state index contributed by atoms with van der Waals surface area (Å²) in [4.78, 5) is 35.7. The van der Waals surface area contributed by atoms with Gasteiger partial charge in [0.25, 0.3) is 5.91 Å². The summed E-state index contributed by atoms with van der Waals surface area (Å²) in [6.07, 6.45) is 0. The third kappa shape index (κ3) is 3.44. The zero-order valence-corrected chi connectivity index (χ0v) is 9.61. The van der Waals surface area contributed by atoms with E-state index in [1.807, 2.05) is 0 Å². The van der Waals surface area contributed by atoms with Gasteiger partial charge in [-0.2, -0.15) is 0 Å². The van der Waals surface area contributed by atoms with E-state index in [4.69, 9.17) is 5.11 Å². The third-order valence-electron chi connectivity index (χ3n) is 2.28. The molecule has 0 radical (unpaired) electrons. The number of carboxylic acid groups (broad SMARTS) is 1. The maximum atomic E-state index is 11.6. The molecule has 3 N–H and O–H groups in total. The average Bonchev–Trinajstić information content (AvgIpc) is 2.25. The van der Waals surface area contributed by atoms with Gasteiger partial charge >= 0.3 is 5.97 Å². The Balaban J connectivity index is 2.69. The quantitative estimate of drug-likeness (QED) is 0.698. The van der Waals surface area contributed by atoms with Gasteiger partial charge in [0.05, 0.1) is 5.41 Å². The molecule has 0 aliphatic rings. The van der Waals surface area contributed by atoms with Crippen LogP contribution in [0.25, 0.3) is 0 Å². The molecule has 1 rings (SSSR count). The van der Waals surface area contributed by atoms with E-state index in [-0.39, 0.29) is 17.8 Å². The van der Waals surface area contributed by atoms with Gasteiger partial charge in [-0.15, -0.1) is 0 Å². The molecule has 0 fully saturated rings. The number of amides is 1. The number of hydrogen-bond acceptors (Lipinski definition) is 3. The molecule has 0 bridgehead atoms. The maximum absolute atomic E-state index is 11.6. The van der Waals surface area contributed by atoms with Crippen LogP contribution in [0.1, 0.15) is 24.3 Å². The van der Waals surface area contributed by atoms with E-state index in [0.29, 0.717) is 0 Å². The van der Waals surface area contributed by atoms with Crippen molar-refractivity contribution >= 4 is 11.9 Å². The molecular weight excluding hydrogens is 224 g/mol. The van der Waals surface area contributed by atoms with Crippen LogP contribution in [0, 0.1) is 5.41 Å². The van der Waals surface area contributed by atoms with Crippen molar-refractivity contribution in [2.75, 3.05) is 6.54 Å². The monoisotopic (exact) mass is 238 g/mol. The number of carbonyl (C=O) groups is 2. The Morgan fingerprint density at radius 3 is 2.59 bits per heavy atom. The number of carbonyl (C=O) groups excluding carboxylic acids is 1. The Bertz CT molecular complexity index is 490. The topological polar surface area (TPSA) is 99.3 Å². The SMILES string of the molecule is CC(C)(CNC(=O)c1cccc(=O)[nH]1)C(=O)O. The second-order valence-corrected chi connectivity index (χ2v) is 4.30. The summed E-state index contributed by atoms with van der Waals surface area (Å²) in [6, 6.07) is 4.19. The first-order valence-electron chi connectivity index (χ1n) is 5.04. The minimum absolute atomic E-state index is 0.0158. The van der Waals surface area contributed by atoms with Crippen molar-refractivity contribution in [1.29, 1.82) is 0 Å². The number of hydrogen-bond donors (Lipinski definition) is 3. The van der Waals surface area contributed by atoms with Crippen LogP contribution in [-0.4, -0.2) is 28.5 Å². The van der Waals surface area contributed by atoms with Crippen molar-refractivity contribution in [1.82, 2.24) is 10.3 Å². The van der Waals surface area contributed by atoms with E-state index in [9.17, 15) is 14.4 Å². The first-order valence-corrected chi connectivity index (χ1v) is 5.04. The van der Waals surface area contributed by atoms with Gasteiger partial charge in [-0.05, 0) is 19.9 Å². The van der Waals surface area contributed by atoms with E-state index in [0.717, 1.165) is 0 Å². The van der Waals surface area contributed by atoms with Crippen LogP contribution in [-0.2, 0) is 4.79 Å². The predicted molar refractivity (Wildman–Crippen MR) is 60.8 cm³/mol. The van der Waals surface area contributed by atoms with Crippen molar-refractivity contribution in [2.24, 2.45) is 5.41 Å². The molecule has 17 heavy (non-hydrogen) atoms. The van der Waals surface area contributed by atoms with Gasteiger partial charge in [0.15, 0.2) is 0 Å². The molecule has 0 unspecified atom stereocenters. The van der Waals surface area contributed by atoms with Gasteiger partial charge < -0.3 is 15.4 Å². The molecule has 6 heteroatoms. The van der Waals surface area contributed by atoms with Crippen molar-refractivity contribution < 1.29 is 14.7 Å². The minimum atomic E-state index is -1.05. The summed E-state index contributed by atoms with van der Waals surface area (Å²) >= 11 is 0. The van der Waals surface area contributed by atoms with Gasteiger partial charge in [-0.3, -0.25) is 14.4 Å². The lowest BCUT2D eigenvalue weighted by Crippen LogP contribution is -2.39. The molecule has 0 atom stereocenters.